The van der Waals surface area contributed by atoms with E-state index in [0.717, 1.165) is 93.4 Å². The summed E-state index contributed by atoms with van der Waals surface area (Å²) in [6, 6.07) is 15.5. The Bertz CT molecular complexity index is 861. The number of ether oxygens (including phenoxy) is 2. The summed E-state index contributed by atoms with van der Waals surface area (Å²) in [5.74, 6) is 1.69. The van der Waals surface area contributed by atoms with Crippen molar-refractivity contribution in [1.82, 2.24) is 0 Å². The van der Waals surface area contributed by atoms with Gasteiger partial charge in [-0.1, -0.05) is 49.8 Å². The molecule has 2 N–H and O–H groups in total. The minimum atomic E-state index is 0.701. The van der Waals surface area contributed by atoms with Gasteiger partial charge in [-0.3, -0.25) is 0 Å². The minimum Gasteiger partial charge on any atom is -0.494 e. The number of unbranched alkanes of at least 4 members (excludes halogenated alkanes) is 5. The van der Waals surface area contributed by atoms with Crippen LogP contribution in [0.5, 0.6) is 11.5 Å². The first-order chi connectivity index (χ1) is 16.7. The van der Waals surface area contributed by atoms with Gasteiger partial charge in [-0.05, 0) is 98.2 Å². The van der Waals surface area contributed by atoms with Crippen LogP contribution in [-0.4, -0.2) is 35.1 Å². The second kappa shape index (κ2) is 16.6. The summed E-state index contributed by atoms with van der Waals surface area (Å²) >= 11 is 0. The second-order valence-corrected chi connectivity index (χ2v) is 8.46. The molecule has 0 fully saturated rings. The lowest BCUT2D eigenvalue weighted by molar-refractivity contribution is 0.309. The molecule has 0 aliphatic carbocycles. The zero-order valence-electron chi connectivity index (χ0n) is 20.7. The van der Waals surface area contributed by atoms with Crippen molar-refractivity contribution in [2.24, 2.45) is 10.3 Å². The summed E-state index contributed by atoms with van der Waals surface area (Å²) in [6.07, 6.45) is 9.75. The molecule has 0 unspecified atom stereocenters. The molecular formula is C28H40N2O4. The van der Waals surface area contributed by atoms with Gasteiger partial charge in [0.2, 0.25) is 0 Å². The maximum absolute atomic E-state index is 9.43. The van der Waals surface area contributed by atoms with Crippen molar-refractivity contribution in [2.75, 3.05) is 13.2 Å². The van der Waals surface area contributed by atoms with E-state index in [1.807, 2.05) is 48.5 Å². The molecule has 186 valence electrons. The van der Waals surface area contributed by atoms with Gasteiger partial charge in [0.15, 0.2) is 0 Å². The number of hydrogen-bond donors (Lipinski definition) is 2. The van der Waals surface area contributed by atoms with E-state index in [-0.39, 0.29) is 0 Å². The first-order valence-corrected chi connectivity index (χ1v) is 12.6. The number of rotatable bonds is 17. The normalized spacial score (nSPS) is 12.1. The molecule has 0 saturated carbocycles. The van der Waals surface area contributed by atoms with Crippen molar-refractivity contribution in [1.29, 1.82) is 0 Å². The third kappa shape index (κ3) is 9.86. The van der Waals surface area contributed by atoms with Crippen LogP contribution in [0.1, 0.15) is 89.2 Å². The van der Waals surface area contributed by atoms with Gasteiger partial charge in [-0.15, -0.1) is 0 Å². The van der Waals surface area contributed by atoms with E-state index in [0.29, 0.717) is 18.0 Å². The van der Waals surface area contributed by atoms with Crippen LogP contribution in [0.25, 0.3) is 0 Å². The lowest BCUT2D eigenvalue weighted by Gasteiger charge is -2.09. The van der Waals surface area contributed by atoms with Crippen molar-refractivity contribution in [3.05, 3.63) is 59.7 Å². The van der Waals surface area contributed by atoms with Crippen molar-refractivity contribution >= 4 is 11.4 Å². The van der Waals surface area contributed by atoms with Crippen molar-refractivity contribution < 1.29 is 19.9 Å². The molecule has 0 spiro atoms. The summed E-state index contributed by atoms with van der Waals surface area (Å²) in [5.41, 5.74) is 3.28. The molecule has 2 rings (SSSR count). The van der Waals surface area contributed by atoms with Crippen LogP contribution in [0, 0.1) is 0 Å². The number of benzene rings is 2. The molecule has 6 heteroatoms. The van der Waals surface area contributed by atoms with Gasteiger partial charge in [0, 0.05) is 0 Å². The lowest BCUT2D eigenvalue weighted by Crippen LogP contribution is -2.03. The van der Waals surface area contributed by atoms with Gasteiger partial charge in [0.25, 0.3) is 0 Å². The smallest absolute Gasteiger partial charge is 0.119 e. The summed E-state index contributed by atoms with van der Waals surface area (Å²) in [4.78, 5) is 0. The van der Waals surface area contributed by atoms with Crippen LogP contribution in [0.15, 0.2) is 58.8 Å². The predicted octanol–water partition coefficient (Wildman–Crippen LogP) is 7.44. The predicted molar refractivity (Wildman–Crippen MR) is 138 cm³/mol. The van der Waals surface area contributed by atoms with Gasteiger partial charge < -0.3 is 19.9 Å². The molecule has 0 atom stereocenters. The Hall–Kier alpha value is -3.02. The molecule has 0 aromatic heterocycles. The quantitative estimate of drug-likeness (QED) is 0.109. The summed E-state index contributed by atoms with van der Waals surface area (Å²) in [6.45, 7) is 5.64. The number of hydrogen-bond acceptors (Lipinski definition) is 6. The van der Waals surface area contributed by atoms with Crippen LogP contribution in [0.2, 0.25) is 0 Å². The molecule has 6 nitrogen and oxygen atoms in total. The van der Waals surface area contributed by atoms with Gasteiger partial charge in [0.05, 0.1) is 24.6 Å². The van der Waals surface area contributed by atoms with E-state index >= 15 is 0 Å². The molecule has 0 bridgehead atoms. The van der Waals surface area contributed by atoms with Crippen LogP contribution >= 0.6 is 0 Å². The third-order valence-electron chi connectivity index (χ3n) is 5.68. The maximum atomic E-state index is 9.43. The number of oxime groups is 2. The highest BCUT2D eigenvalue weighted by molar-refractivity contribution is 6.00. The van der Waals surface area contributed by atoms with E-state index in [9.17, 15) is 10.4 Å². The van der Waals surface area contributed by atoms with Gasteiger partial charge in [-0.25, -0.2) is 0 Å². The Kier molecular flexibility index (Phi) is 13.3. The molecule has 2 aromatic rings. The molecule has 0 aliphatic heterocycles. The Balaban J connectivity index is 1.65. The first kappa shape index (κ1) is 27.2. The van der Waals surface area contributed by atoms with E-state index in [1.165, 1.54) is 0 Å². The van der Waals surface area contributed by atoms with Crippen LogP contribution in [0.4, 0.5) is 0 Å². The van der Waals surface area contributed by atoms with Crippen molar-refractivity contribution in [2.45, 2.75) is 78.1 Å². The first-order valence-electron chi connectivity index (χ1n) is 12.6. The molecule has 0 saturated heterocycles. The molecule has 0 heterocycles. The van der Waals surface area contributed by atoms with Crippen LogP contribution < -0.4 is 9.47 Å². The fraction of sp³-hybridized carbons (Fsp3) is 0.500. The number of nitrogens with zero attached hydrogens (tertiary/aromatic N) is 2. The Morgan fingerprint density at radius 3 is 1.44 bits per heavy atom. The Morgan fingerprint density at radius 1 is 0.588 bits per heavy atom. The monoisotopic (exact) mass is 468 g/mol. The van der Waals surface area contributed by atoms with Crippen LogP contribution in [-0.2, 0) is 0 Å². The zero-order chi connectivity index (χ0) is 24.4. The highest BCUT2D eigenvalue weighted by Crippen LogP contribution is 2.18. The zero-order valence-corrected chi connectivity index (χ0v) is 20.7. The van der Waals surface area contributed by atoms with Gasteiger partial charge in [0.1, 0.15) is 11.5 Å². The van der Waals surface area contributed by atoms with Gasteiger partial charge in [-0.2, -0.15) is 0 Å². The average Bonchev–Trinajstić information content (AvgIpc) is 2.88. The van der Waals surface area contributed by atoms with Gasteiger partial charge >= 0.3 is 0 Å². The fourth-order valence-corrected chi connectivity index (χ4v) is 3.66. The topological polar surface area (TPSA) is 83.6 Å². The van der Waals surface area contributed by atoms with Crippen molar-refractivity contribution in [3.8, 4) is 11.5 Å². The van der Waals surface area contributed by atoms with E-state index < -0.39 is 0 Å². The second-order valence-electron chi connectivity index (χ2n) is 8.46. The summed E-state index contributed by atoms with van der Waals surface area (Å²) in [7, 11) is 0. The maximum Gasteiger partial charge on any atom is 0.119 e. The van der Waals surface area contributed by atoms with E-state index in [2.05, 4.69) is 24.2 Å². The highest BCUT2D eigenvalue weighted by Gasteiger charge is 2.07. The SMILES string of the molecule is CCCCOc1ccc(/C(CCCCCCC/C(=N/O)c2ccc(OCCC)cc2)=N/O)cc1. The highest BCUT2D eigenvalue weighted by atomic mass is 16.5. The Labute approximate surface area is 204 Å². The molecule has 2 aromatic carbocycles. The molecule has 0 radical (unpaired) electrons. The van der Waals surface area contributed by atoms with E-state index in [4.69, 9.17) is 9.47 Å². The molecular weight excluding hydrogens is 428 g/mol. The molecule has 0 aliphatic rings. The van der Waals surface area contributed by atoms with Crippen molar-refractivity contribution in [3.63, 3.8) is 0 Å². The minimum absolute atomic E-state index is 0.701. The standard InChI is InChI=1S/C28H40N2O4/c1-3-5-22-34-26-19-15-24(16-20-26)28(30-32)12-10-8-6-7-9-11-27(29-31)23-13-17-25(18-14-23)33-21-4-2/h13-20,31-32H,3-12,21-22H2,1-2H3/b29-27-,30-28+. The lowest BCUT2D eigenvalue weighted by atomic mass is 10.0. The molecule has 0 amide bonds. The van der Waals surface area contributed by atoms with Crippen LogP contribution in [0.3, 0.4) is 0 Å². The van der Waals surface area contributed by atoms with E-state index in [1.54, 1.807) is 0 Å². The average molecular weight is 469 g/mol. The summed E-state index contributed by atoms with van der Waals surface area (Å²) < 4.78 is 11.3. The Morgan fingerprint density at radius 2 is 1.03 bits per heavy atom. The molecule has 34 heavy (non-hydrogen) atoms. The fourth-order valence-electron chi connectivity index (χ4n) is 3.66. The largest absolute Gasteiger partial charge is 0.494 e. The summed E-state index contributed by atoms with van der Waals surface area (Å²) in [5, 5.41) is 25.9. The third-order valence-corrected chi connectivity index (χ3v) is 5.68.